The Kier molecular flexibility index (Phi) is 5.10. The van der Waals surface area contributed by atoms with Crippen LogP contribution in [0.1, 0.15) is 25.0 Å². The first-order chi connectivity index (χ1) is 10.2. The smallest absolute Gasteiger partial charge is 0.223 e. The van der Waals surface area contributed by atoms with Gasteiger partial charge in [0.05, 0.1) is 0 Å². The first kappa shape index (κ1) is 14.8. The summed E-state index contributed by atoms with van der Waals surface area (Å²) in [6, 6.07) is 19.7. The molecule has 21 heavy (non-hydrogen) atoms. The minimum atomic E-state index is 0.634. The largest absolute Gasteiger partial charge is 0.618 e. The van der Waals surface area contributed by atoms with Crippen LogP contribution in [0.5, 0.6) is 0 Å². The fourth-order valence-corrected chi connectivity index (χ4v) is 1.94. The minimum absolute atomic E-state index is 0.634. The molecule has 2 aromatic carbocycles. The summed E-state index contributed by atoms with van der Waals surface area (Å²) in [6.07, 6.45) is 5.63. The van der Waals surface area contributed by atoms with E-state index in [-0.39, 0.29) is 0 Å². The van der Waals surface area contributed by atoms with Crippen LogP contribution < -0.4 is 0 Å². The highest BCUT2D eigenvalue weighted by Gasteiger charge is 2.10. The molecule has 0 aromatic heterocycles. The van der Waals surface area contributed by atoms with E-state index in [1.807, 2.05) is 92.7 Å². The number of rotatable bonds is 4. The Morgan fingerprint density at radius 1 is 0.952 bits per heavy atom. The van der Waals surface area contributed by atoms with Gasteiger partial charge in [0.2, 0.25) is 5.71 Å². The van der Waals surface area contributed by atoms with Gasteiger partial charge in [-0.15, -0.1) is 0 Å². The zero-order chi connectivity index (χ0) is 15.1. The van der Waals surface area contributed by atoms with Crippen LogP contribution in [-0.2, 0) is 0 Å². The van der Waals surface area contributed by atoms with Gasteiger partial charge in [-0.3, -0.25) is 0 Å². The number of hydroxylamine groups is 1. The molecule has 0 N–H and O–H groups in total. The van der Waals surface area contributed by atoms with Gasteiger partial charge in [-0.1, -0.05) is 48.5 Å². The van der Waals surface area contributed by atoms with Crippen molar-refractivity contribution in [3.63, 3.8) is 0 Å². The van der Waals surface area contributed by atoms with E-state index in [1.54, 1.807) is 0 Å². The highest BCUT2D eigenvalue weighted by atomic mass is 16.5. The van der Waals surface area contributed by atoms with Gasteiger partial charge in [-0.05, 0) is 36.8 Å². The zero-order valence-corrected chi connectivity index (χ0v) is 12.4. The van der Waals surface area contributed by atoms with Crippen LogP contribution in [0.15, 0.2) is 78.5 Å². The predicted molar refractivity (Wildman–Crippen MR) is 89.1 cm³/mol. The summed E-state index contributed by atoms with van der Waals surface area (Å²) in [5, 5.41) is 12.5. The van der Waals surface area contributed by atoms with Crippen LogP contribution >= 0.6 is 0 Å². The van der Waals surface area contributed by atoms with Crippen molar-refractivity contribution in [1.82, 2.24) is 0 Å². The van der Waals surface area contributed by atoms with Crippen LogP contribution in [0.4, 0.5) is 0 Å². The van der Waals surface area contributed by atoms with Gasteiger partial charge >= 0.3 is 0 Å². The molecule has 0 bridgehead atoms. The summed E-state index contributed by atoms with van der Waals surface area (Å²) in [4.78, 5) is 0. The van der Waals surface area contributed by atoms with E-state index in [1.165, 1.54) is 0 Å². The lowest BCUT2D eigenvalue weighted by Crippen LogP contribution is -2.13. The normalized spacial score (nSPS) is 13.3. The summed E-state index contributed by atoms with van der Waals surface area (Å²) in [5.74, 6) is 0. The SMILES string of the molecule is C/C=C(C)/[N+]([O-])=C(/C=C/c1ccccc1)c1ccccc1. The topological polar surface area (TPSA) is 26.1 Å². The van der Waals surface area contributed by atoms with E-state index in [0.29, 0.717) is 11.4 Å². The molecule has 106 valence electrons. The van der Waals surface area contributed by atoms with Gasteiger partial charge in [-0.2, -0.15) is 4.74 Å². The number of hydrogen-bond donors (Lipinski definition) is 0. The highest BCUT2D eigenvalue weighted by Crippen LogP contribution is 2.09. The van der Waals surface area contributed by atoms with Gasteiger partial charge in [0.1, 0.15) is 0 Å². The fraction of sp³-hybridized carbons (Fsp3) is 0.105. The molecule has 0 saturated carbocycles. The third-order valence-corrected chi connectivity index (χ3v) is 3.26. The molecular formula is C19H19NO. The lowest BCUT2D eigenvalue weighted by molar-refractivity contribution is -0.399. The molecule has 0 aliphatic heterocycles. The number of nitrogens with zero attached hydrogens (tertiary/aromatic N) is 1. The van der Waals surface area contributed by atoms with Gasteiger partial charge in [0.15, 0.2) is 5.70 Å². The maximum atomic E-state index is 12.5. The molecule has 0 heterocycles. The van der Waals surface area contributed by atoms with Crippen molar-refractivity contribution < 1.29 is 4.74 Å². The predicted octanol–water partition coefficient (Wildman–Crippen LogP) is 4.62. The summed E-state index contributed by atoms with van der Waals surface area (Å²) < 4.78 is 0.967. The third kappa shape index (κ3) is 3.93. The maximum Gasteiger partial charge on any atom is 0.223 e. The Morgan fingerprint density at radius 3 is 2.10 bits per heavy atom. The van der Waals surface area contributed by atoms with Gasteiger partial charge in [0, 0.05) is 18.6 Å². The number of allylic oxidation sites excluding steroid dienone is 3. The second kappa shape index (κ2) is 7.25. The molecule has 0 amide bonds. The Balaban J connectivity index is 2.45. The average Bonchev–Trinajstić information content (AvgIpc) is 2.56. The van der Waals surface area contributed by atoms with E-state index < -0.39 is 0 Å². The van der Waals surface area contributed by atoms with Crippen molar-refractivity contribution in [1.29, 1.82) is 0 Å². The molecule has 0 spiro atoms. The molecule has 0 aliphatic rings. The molecule has 2 rings (SSSR count). The van der Waals surface area contributed by atoms with Crippen LogP contribution in [0.3, 0.4) is 0 Å². The standard InChI is InChI=1S/C19H19NO/c1-3-16(2)20(21)19(18-12-8-5-9-13-18)15-14-17-10-6-4-7-11-17/h3-15H,1-2H3/b15-14+,16-3+,20-19+. The lowest BCUT2D eigenvalue weighted by Gasteiger charge is -2.08. The van der Waals surface area contributed by atoms with Crippen LogP contribution in [0.2, 0.25) is 0 Å². The molecule has 2 aromatic rings. The fourth-order valence-electron chi connectivity index (χ4n) is 1.94. The second-order valence-electron chi connectivity index (χ2n) is 4.72. The molecule has 2 nitrogen and oxygen atoms in total. The Morgan fingerprint density at radius 2 is 1.52 bits per heavy atom. The summed E-state index contributed by atoms with van der Waals surface area (Å²) >= 11 is 0. The van der Waals surface area contributed by atoms with Crippen LogP contribution in [-0.4, -0.2) is 10.5 Å². The van der Waals surface area contributed by atoms with Crippen molar-refractivity contribution >= 4 is 11.8 Å². The zero-order valence-electron chi connectivity index (χ0n) is 12.4. The van der Waals surface area contributed by atoms with E-state index in [0.717, 1.165) is 15.9 Å². The van der Waals surface area contributed by atoms with Gasteiger partial charge in [-0.25, -0.2) is 0 Å². The Bertz CT molecular complexity index is 667. The van der Waals surface area contributed by atoms with Crippen molar-refractivity contribution in [2.75, 3.05) is 0 Å². The number of hydrogen-bond acceptors (Lipinski definition) is 1. The van der Waals surface area contributed by atoms with Crippen molar-refractivity contribution in [2.45, 2.75) is 13.8 Å². The summed E-state index contributed by atoms with van der Waals surface area (Å²) in [7, 11) is 0. The first-order valence-electron chi connectivity index (χ1n) is 6.98. The molecular weight excluding hydrogens is 258 g/mol. The number of benzene rings is 2. The van der Waals surface area contributed by atoms with Crippen molar-refractivity contribution in [3.8, 4) is 0 Å². The Labute approximate surface area is 126 Å². The first-order valence-corrected chi connectivity index (χ1v) is 6.98. The monoisotopic (exact) mass is 277 g/mol. The lowest BCUT2D eigenvalue weighted by atomic mass is 10.1. The Hall–Kier alpha value is -2.61. The van der Waals surface area contributed by atoms with E-state index in [2.05, 4.69) is 0 Å². The van der Waals surface area contributed by atoms with E-state index in [4.69, 9.17) is 0 Å². The van der Waals surface area contributed by atoms with Crippen LogP contribution in [0.25, 0.3) is 6.08 Å². The maximum absolute atomic E-state index is 12.5. The molecule has 0 fully saturated rings. The van der Waals surface area contributed by atoms with Crippen molar-refractivity contribution in [3.05, 3.63) is 94.8 Å². The molecule has 0 saturated heterocycles. The van der Waals surface area contributed by atoms with Crippen LogP contribution in [0, 0.1) is 5.21 Å². The molecule has 2 heteroatoms. The third-order valence-electron chi connectivity index (χ3n) is 3.26. The molecule has 0 radical (unpaired) electrons. The van der Waals surface area contributed by atoms with E-state index >= 15 is 0 Å². The highest BCUT2D eigenvalue weighted by molar-refractivity contribution is 6.07. The summed E-state index contributed by atoms with van der Waals surface area (Å²) in [6.45, 7) is 3.68. The second-order valence-corrected chi connectivity index (χ2v) is 4.72. The van der Waals surface area contributed by atoms with Gasteiger partial charge < -0.3 is 5.21 Å². The van der Waals surface area contributed by atoms with Gasteiger partial charge in [0.25, 0.3) is 0 Å². The van der Waals surface area contributed by atoms with E-state index in [9.17, 15) is 5.21 Å². The van der Waals surface area contributed by atoms with Crippen molar-refractivity contribution in [2.24, 2.45) is 0 Å². The summed E-state index contributed by atoms with van der Waals surface area (Å²) in [5.41, 5.74) is 3.28. The quantitative estimate of drug-likeness (QED) is 0.346. The average molecular weight is 277 g/mol. The minimum Gasteiger partial charge on any atom is -0.618 e. The molecule has 0 aliphatic carbocycles. The molecule has 0 atom stereocenters. The molecule has 0 unspecified atom stereocenters.